The zero-order valence-electron chi connectivity index (χ0n) is 10.1. The van der Waals surface area contributed by atoms with Crippen LogP contribution in [0.3, 0.4) is 0 Å². The fourth-order valence-electron chi connectivity index (χ4n) is 1.67. The zero-order chi connectivity index (χ0) is 12.6. The van der Waals surface area contributed by atoms with E-state index in [9.17, 15) is 9.90 Å². The van der Waals surface area contributed by atoms with E-state index in [4.69, 9.17) is 0 Å². The predicted octanol–water partition coefficient (Wildman–Crippen LogP) is 2.40. The molecular formula is C13H14N2O2. The van der Waals surface area contributed by atoms with Gasteiger partial charge in [0, 0.05) is 6.92 Å². The van der Waals surface area contributed by atoms with Crippen LogP contribution in [0.25, 0.3) is 5.69 Å². The molecule has 1 N–H and O–H groups in total. The third-order valence-corrected chi connectivity index (χ3v) is 2.70. The molecule has 0 aliphatic carbocycles. The minimum atomic E-state index is -0.239. The van der Waals surface area contributed by atoms with Gasteiger partial charge >= 0.3 is 0 Å². The Morgan fingerprint density at radius 3 is 2.29 bits per heavy atom. The molecule has 0 fully saturated rings. The second kappa shape index (κ2) is 4.05. The van der Waals surface area contributed by atoms with Gasteiger partial charge in [-0.2, -0.15) is 5.10 Å². The number of benzene rings is 1. The van der Waals surface area contributed by atoms with Gasteiger partial charge < -0.3 is 5.11 Å². The maximum absolute atomic E-state index is 11.3. The molecule has 0 unspecified atom stereocenters. The van der Waals surface area contributed by atoms with Gasteiger partial charge in [-0.15, -0.1) is 0 Å². The second-order valence-corrected chi connectivity index (χ2v) is 4.09. The van der Waals surface area contributed by atoms with Gasteiger partial charge in [0.1, 0.15) is 0 Å². The van der Waals surface area contributed by atoms with Crippen LogP contribution in [0.5, 0.6) is 5.75 Å². The van der Waals surface area contributed by atoms with Gasteiger partial charge in [-0.05, 0) is 26.0 Å². The molecule has 0 radical (unpaired) electrons. The number of carbonyl (C=O) groups excluding carboxylic acids is 1. The molecule has 0 aliphatic rings. The molecule has 0 bridgehead atoms. The molecular weight excluding hydrogens is 216 g/mol. The number of Topliss-reactive ketones (excluding diaryl/α,β-unsaturated/α-hetero) is 1. The molecule has 1 heterocycles. The van der Waals surface area contributed by atoms with E-state index < -0.39 is 0 Å². The van der Waals surface area contributed by atoms with E-state index >= 15 is 0 Å². The Morgan fingerprint density at radius 2 is 1.82 bits per heavy atom. The Kier molecular flexibility index (Phi) is 2.71. The van der Waals surface area contributed by atoms with E-state index in [0.717, 1.165) is 11.3 Å². The second-order valence-electron chi connectivity index (χ2n) is 4.09. The number of ketones is 1. The number of hydrogen-bond donors (Lipinski definition) is 1. The van der Waals surface area contributed by atoms with Gasteiger partial charge in [0.05, 0.1) is 11.4 Å². The summed E-state index contributed by atoms with van der Waals surface area (Å²) in [6.07, 6.45) is 0. The molecule has 17 heavy (non-hydrogen) atoms. The Bertz CT molecular complexity index is 568. The van der Waals surface area contributed by atoms with Crippen molar-refractivity contribution < 1.29 is 9.90 Å². The van der Waals surface area contributed by atoms with Crippen LogP contribution in [-0.4, -0.2) is 20.7 Å². The zero-order valence-corrected chi connectivity index (χ0v) is 10.1. The number of aromatic hydroxyl groups is 1. The first-order valence-electron chi connectivity index (χ1n) is 5.37. The van der Waals surface area contributed by atoms with Crippen LogP contribution in [0.1, 0.15) is 28.7 Å². The van der Waals surface area contributed by atoms with Gasteiger partial charge in [0.2, 0.25) is 0 Å². The summed E-state index contributed by atoms with van der Waals surface area (Å²) in [5.41, 5.74) is 2.66. The van der Waals surface area contributed by atoms with E-state index in [1.807, 2.05) is 31.2 Å². The largest absolute Gasteiger partial charge is 0.504 e. The third kappa shape index (κ3) is 1.93. The first-order valence-corrected chi connectivity index (χ1v) is 5.37. The van der Waals surface area contributed by atoms with Crippen molar-refractivity contribution in [2.24, 2.45) is 0 Å². The lowest BCUT2D eigenvalue weighted by atomic mass is 10.2. The first kappa shape index (κ1) is 11.4. The van der Waals surface area contributed by atoms with E-state index in [1.165, 1.54) is 6.92 Å². The Morgan fingerprint density at radius 1 is 1.24 bits per heavy atom. The lowest BCUT2D eigenvalue weighted by Crippen LogP contribution is -2.00. The number of aryl methyl sites for hydroxylation is 1. The third-order valence-electron chi connectivity index (χ3n) is 2.70. The summed E-state index contributed by atoms with van der Waals surface area (Å²) in [4.78, 5) is 11.3. The van der Waals surface area contributed by atoms with E-state index in [2.05, 4.69) is 5.10 Å². The molecule has 1 aromatic heterocycles. The maximum atomic E-state index is 11.3. The molecule has 1 aromatic carbocycles. The van der Waals surface area contributed by atoms with E-state index in [1.54, 1.807) is 11.6 Å². The number of aromatic nitrogens is 2. The fraction of sp³-hybridized carbons (Fsp3) is 0.231. The van der Waals surface area contributed by atoms with Crippen LogP contribution >= 0.6 is 0 Å². The standard InChI is InChI=1S/C13H14N2O2/c1-8-4-6-11(7-5-8)15-9(2)13(17)12(14-15)10(3)16/h4-7,17H,1-3H3. The molecule has 2 rings (SSSR count). The Labute approximate surface area is 99.5 Å². The van der Waals surface area contributed by atoms with Crippen LogP contribution in [0, 0.1) is 13.8 Å². The quantitative estimate of drug-likeness (QED) is 0.806. The van der Waals surface area contributed by atoms with Crippen molar-refractivity contribution in [3.8, 4) is 11.4 Å². The Hall–Kier alpha value is -2.10. The molecule has 4 heteroatoms. The van der Waals surface area contributed by atoms with Gasteiger partial charge in [-0.25, -0.2) is 4.68 Å². The van der Waals surface area contributed by atoms with E-state index in [-0.39, 0.29) is 17.2 Å². The molecule has 88 valence electrons. The fourth-order valence-corrected chi connectivity index (χ4v) is 1.67. The first-order chi connectivity index (χ1) is 8.00. The summed E-state index contributed by atoms with van der Waals surface area (Å²) in [5, 5.41) is 13.9. The molecule has 0 atom stereocenters. The maximum Gasteiger partial charge on any atom is 0.183 e. The summed E-state index contributed by atoms with van der Waals surface area (Å²) in [6.45, 7) is 5.12. The van der Waals surface area contributed by atoms with Crippen molar-refractivity contribution in [1.82, 2.24) is 9.78 Å². The highest BCUT2D eigenvalue weighted by atomic mass is 16.3. The number of hydrogen-bond acceptors (Lipinski definition) is 3. The number of rotatable bonds is 2. The average molecular weight is 230 g/mol. The minimum Gasteiger partial charge on any atom is -0.504 e. The van der Waals surface area contributed by atoms with Crippen LogP contribution in [-0.2, 0) is 0 Å². The highest BCUT2D eigenvalue weighted by Crippen LogP contribution is 2.24. The van der Waals surface area contributed by atoms with Crippen LogP contribution in [0.15, 0.2) is 24.3 Å². The van der Waals surface area contributed by atoms with Crippen molar-refractivity contribution in [3.63, 3.8) is 0 Å². The van der Waals surface area contributed by atoms with Gasteiger partial charge in [-0.1, -0.05) is 17.7 Å². The van der Waals surface area contributed by atoms with Crippen molar-refractivity contribution >= 4 is 5.78 Å². The Balaban J connectivity index is 2.56. The van der Waals surface area contributed by atoms with Crippen LogP contribution in [0.2, 0.25) is 0 Å². The van der Waals surface area contributed by atoms with Gasteiger partial charge in [-0.3, -0.25) is 4.79 Å². The highest BCUT2D eigenvalue weighted by Gasteiger charge is 2.17. The van der Waals surface area contributed by atoms with Crippen LogP contribution in [0.4, 0.5) is 0 Å². The SMILES string of the molecule is CC(=O)c1nn(-c2ccc(C)cc2)c(C)c1O. The lowest BCUT2D eigenvalue weighted by molar-refractivity contribution is 0.101. The summed E-state index contributed by atoms with van der Waals surface area (Å²) in [5.74, 6) is -0.283. The molecule has 0 spiro atoms. The normalized spacial score (nSPS) is 10.5. The molecule has 0 amide bonds. The monoisotopic (exact) mass is 230 g/mol. The minimum absolute atomic E-state index is 0.0434. The van der Waals surface area contributed by atoms with Crippen LogP contribution < -0.4 is 0 Å². The smallest absolute Gasteiger partial charge is 0.183 e. The summed E-state index contributed by atoms with van der Waals surface area (Å²) < 4.78 is 1.57. The highest BCUT2D eigenvalue weighted by molar-refractivity contribution is 5.95. The lowest BCUT2D eigenvalue weighted by Gasteiger charge is -2.03. The predicted molar refractivity (Wildman–Crippen MR) is 64.7 cm³/mol. The van der Waals surface area contributed by atoms with Crippen molar-refractivity contribution in [2.75, 3.05) is 0 Å². The molecule has 2 aromatic rings. The number of carbonyl (C=O) groups is 1. The summed E-state index contributed by atoms with van der Waals surface area (Å²) in [7, 11) is 0. The van der Waals surface area contributed by atoms with E-state index in [0.29, 0.717) is 5.69 Å². The number of nitrogens with zero attached hydrogens (tertiary/aromatic N) is 2. The van der Waals surface area contributed by atoms with Gasteiger partial charge in [0.15, 0.2) is 17.2 Å². The molecule has 4 nitrogen and oxygen atoms in total. The van der Waals surface area contributed by atoms with Crippen molar-refractivity contribution in [2.45, 2.75) is 20.8 Å². The molecule has 0 aliphatic heterocycles. The summed E-state index contributed by atoms with van der Waals surface area (Å²) >= 11 is 0. The average Bonchev–Trinajstić information content (AvgIpc) is 2.58. The molecule has 0 saturated heterocycles. The molecule has 0 saturated carbocycles. The van der Waals surface area contributed by atoms with Crippen molar-refractivity contribution in [3.05, 3.63) is 41.2 Å². The summed E-state index contributed by atoms with van der Waals surface area (Å²) in [6, 6.07) is 7.72. The van der Waals surface area contributed by atoms with Crippen molar-refractivity contribution in [1.29, 1.82) is 0 Å². The topological polar surface area (TPSA) is 55.1 Å². The van der Waals surface area contributed by atoms with Gasteiger partial charge in [0.25, 0.3) is 0 Å².